The van der Waals surface area contributed by atoms with E-state index in [2.05, 4.69) is 15.5 Å². The van der Waals surface area contributed by atoms with Gasteiger partial charge in [0.1, 0.15) is 0 Å². The van der Waals surface area contributed by atoms with Gasteiger partial charge in [0.15, 0.2) is 0 Å². The molecule has 0 spiro atoms. The van der Waals surface area contributed by atoms with E-state index in [1.165, 1.54) is 11.8 Å². The highest BCUT2D eigenvalue weighted by Gasteiger charge is 2.13. The second-order valence-corrected chi connectivity index (χ2v) is 5.35. The molecule has 0 saturated carbocycles. The van der Waals surface area contributed by atoms with Crippen molar-refractivity contribution in [3.05, 3.63) is 53.6 Å². The standard InChI is InChI=1S/C13H10ClN5S/c14-10-7-4-8-11(15)12(10)20-13-16-17-18-19(13)9-5-2-1-3-6-9/h1-8H,15H2. The first-order valence-corrected chi connectivity index (χ1v) is 7.01. The predicted octanol–water partition coefficient (Wildman–Crippen LogP) is 3.05. The maximum Gasteiger partial charge on any atom is 0.219 e. The summed E-state index contributed by atoms with van der Waals surface area (Å²) in [6.45, 7) is 0. The van der Waals surface area contributed by atoms with Crippen molar-refractivity contribution >= 4 is 29.1 Å². The van der Waals surface area contributed by atoms with Gasteiger partial charge < -0.3 is 5.73 Å². The first kappa shape index (κ1) is 13.0. The van der Waals surface area contributed by atoms with Crippen molar-refractivity contribution in [3.8, 4) is 5.69 Å². The Bertz CT molecular complexity index is 708. The molecule has 0 amide bonds. The first-order valence-electron chi connectivity index (χ1n) is 5.81. The minimum absolute atomic E-state index is 0.581. The Morgan fingerprint density at radius 3 is 2.60 bits per heavy atom. The number of aromatic nitrogens is 4. The smallest absolute Gasteiger partial charge is 0.219 e. The van der Waals surface area contributed by atoms with Crippen LogP contribution in [0.4, 0.5) is 5.69 Å². The van der Waals surface area contributed by atoms with Gasteiger partial charge in [-0.05, 0) is 46.5 Å². The van der Waals surface area contributed by atoms with Crippen LogP contribution in [0.25, 0.3) is 5.69 Å². The zero-order valence-corrected chi connectivity index (χ0v) is 11.8. The van der Waals surface area contributed by atoms with Gasteiger partial charge in [-0.1, -0.05) is 35.9 Å². The Hall–Kier alpha value is -2.05. The van der Waals surface area contributed by atoms with Crippen LogP contribution in [0.5, 0.6) is 0 Å². The molecule has 0 unspecified atom stereocenters. The topological polar surface area (TPSA) is 69.6 Å². The minimum Gasteiger partial charge on any atom is -0.398 e. The Balaban J connectivity index is 1.99. The lowest BCUT2D eigenvalue weighted by atomic mass is 10.3. The van der Waals surface area contributed by atoms with Crippen LogP contribution in [0, 0.1) is 0 Å². The van der Waals surface area contributed by atoms with E-state index in [0.717, 1.165) is 10.6 Å². The van der Waals surface area contributed by atoms with Crippen LogP contribution < -0.4 is 5.73 Å². The third kappa shape index (κ3) is 2.48. The maximum absolute atomic E-state index is 6.17. The highest BCUT2D eigenvalue weighted by molar-refractivity contribution is 7.99. The molecule has 0 radical (unpaired) electrons. The molecule has 0 aliphatic heterocycles. The van der Waals surface area contributed by atoms with Crippen LogP contribution in [0.1, 0.15) is 0 Å². The lowest BCUT2D eigenvalue weighted by Gasteiger charge is -2.07. The van der Waals surface area contributed by atoms with Gasteiger partial charge in [-0.15, -0.1) is 5.10 Å². The van der Waals surface area contributed by atoms with Crippen molar-refractivity contribution in [1.29, 1.82) is 0 Å². The maximum atomic E-state index is 6.17. The van der Waals surface area contributed by atoms with Gasteiger partial charge >= 0.3 is 0 Å². The zero-order valence-electron chi connectivity index (χ0n) is 10.3. The number of nitrogens with zero attached hydrogens (tertiary/aromatic N) is 4. The Morgan fingerprint density at radius 2 is 1.85 bits per heavy atom. The van der Waals surface area contributed by atoms with Crippen molar-refractivity contribution in [2.24, 2.45) is 0 Å². The number of nitrogen functional groups attached to an aromatic ring is 1. The molecule has 0 atom stereocenters. The number of nitrogens with two attached hydrogens (primary N) is 1. The summed E-state index contributed by atoms with van der Waals surface area (Å²) < 4.78 is 1.65. The number of benzene rings is 2. The second kappa shape index (κ2) is 5.52. The monoisotopic (exact) mass is 303 g/mol. The van der Waals surface area contributed by atoms with E-state index >= 15 is 0 Å². The summed E-state index contributed by atoms with van der Waals surface area (Å²) in [5, 5.41) is 12.9. The molecule has 0 aliphatic carbocycles. The summed E-state index contributed by atoms with van der Waals surface area (Å²) in [5.41, 5.74) is 7.43. The SMILES string of the molecule is Nc1cccc(Cl)c1Sc1nnnn1-c1ccccc1. The summed E-state index contributed by atoms with van der Waals surface area (Å²) in [7, 11) is 0. The van der Waals surface area contributed by atoms with E-state index in [9.17, 15) is 0 Å². The molecule has 3 aromatic rings. The fourth-order valence-corrected chi connectivity index (χ4v) is 2.84. The van der Waals surface area contributed by atoms with Crippen molar-refractivity contribution in [2.75, 3.05) is 5.73 Å². The molecule has 20 heavy (non-hydrogen) atoms. The summed E-state index contributed by atoms with van der Waals surface area (Å²) in [6.07, 6.45) is 0. The molecule has 1 aromatic heterocycles. The lowest BCUT2D eigenvalue weighted by molar-refractivity contribution is 0.756. The van der Waals surface area contributed by atoms with E-state index < -0.39 is 0 Å². The average Bonchev–Trinajstić information content (AvgIpc) is 2.92. The lowest BCUT2D eigenvalue weighted by Crippen LogP contribution is -1.99. The number of halogens is 1. The average molecular weight is 304 g/mol. The molecule has 0 aliphatic rings. The van der Waals surface area contributed by atoms with E-state index in [-0.39, 0.29) is 0 Å². The predicted molar refractivity (Wildman–Crippen MR) is 79.1 cm³/mol. The number of para-hydroxylation sites is 1. The van der Waals surface area contributed by atoms with Gasteiger partial charge in [-0.3, -0.25) is 0 Å². The third-order valence-electron chi connectivity index (χ3n) is 2.63. The van der Waals surface area contributed by atoms with Crippen molar-refractivity contribution in [3.63, 3.8) is 0 Å². The van der Waals surface area contributed by atoms with E-state index in [1.807, 2.05) is 36.4 Å². The third-order valence-corrected chi connectivity index (χ3v) is 4.16. The molecule has 2 aromatic carbocycles. The highest BCUT2D eigenvalue weighted by atomic mass is 35.5. The Kier molecular flexibility index (Phi) is 3.58. The zero-order chi connectivity index (χ0) is 13.9. The van der Waals surface area contributed by atoms with E-state index in [4.69, 9.17) is 17.3 Å². The van der Waals surface area contributed by atoms with Crippen LogP contribution in [-0.2, 0) is 0 Å². The molecule has 1 heterocycles. The van der Waals surface area contributed by atoms with Gasteiger partial charge in [0, 0.05) is 5.69 Å². The Labute approximate surface area is 124 Å². The number of hydrogen-bond acceptors (Lipinski definition) is 5. The van der Waals surface area contributed by atoms with Crippen molar-refractivity contribution in [2.45, 2.75) is 10.1 Å². The highest BCUT2D eigenvalue weighted by Crippen LogP contribution is 2.36. The molecule has 3 rings (SSSR count). The molecule has 5 nitrogen and oxygen atoms in total. The number of tetrazole rings is 1. The molecular weight excluding hydrogens is 294 g/mol. The van der Waals surface area contributed by atoms with Crippen molar-refractivity contribution in [1.82, 2.24) is 20.2 Å². The Morgan fingerprint density at radius 1 is 1.05 bits per heavy atom. The first-order chi connectivity index (χ1) is 9.75. The molecule has 100 valence electrons. The normalized spacial score (nSPS) is 10.7. The van der Waals surface area contributed by atoms with E-state index in [0.29, 0.717) is 15.9 Å². The van der Waals surface area contributed by atoms with Crippen LogP contribution in [-0.4, -0.2) is 20.2 Å². The molecule has 2 N–H and O–H groups in total. The fourth-order valence-electron chi connectivity index (χ4n) is 1.70. The minimum atomic E-state index is 0.581. The number of hydrogen-bond donors (Lipinski definition) is 1. The van der Waals surface area contributed by atoms with Crippen LogP contribution >= 0.6 is 23.4 Å². The molecule has 0 bridgehead atoms. The summed E-state index contributed by atoms with van der Waals surface area (Å²) in [5.74, 6) is 0. The quantitative estimate of drug-likeness (QED) is 0.753. The van der Waals surface area contributed by atoms with Gasteiger partial charge in [-0.25, -0.2) is 0 Å². The van der Waals surface area contributed by atoms with Crippen LogP contribution in [0.15, 0.2) is 58.6 Å². The van der Waals surface area contributed by atoms with Crippen molar-refractivity contribution < 1.29 is 0 Å². The number of anilines is 1. The van der Waals surface area contributed by atoms with Crippen LogP contribution in [0.2, 0.25) is 5.02 Å². The summed E-state index contributed by atoms with van der Waals surface area (Å²) in [6, 6.07) is 15.0. The summed E-state index contributed by atoms with van der Waals surface area (Å²) >= 11 is 7.50. The molecule has 0 saturated heterocycles. The molecule has 7 heteroatoms. The fraction of sp³-hybridized carbons (Fsp3) is 0. The van der Waals surface area contributed by atoms with Gasteiger partial charge in [-0.2, -0.15) is 4.68 Å². The second-order valence-electron chi connectivity index (χ2n) is 3.97. The largest absolute Gasteiger partial charge is 0.398 e. The van der Waals surface area contributed by atoms with Gasteiger partial charge in [0.05, 0.1) is 15.6 Å². The van der Waals surface area contributed by atoms with Crippen LogP contribution in [0.3, 0.4) is 0 Å². The number of rotatable bonds is 3. The van der Waals surface area contributed by atoms with Gasteiger partial charge in [0.2, 0.25) is 5.16 Å². The summed E-state index contributed by atoms with van der Waals surface area (Å²) in [4.78, 5) is 0.751. The van der Waals surface area contributed by atoms with Gasteiger partial charge in [0.25, 0.3) is 0 Å². The molecular formula is C13H10ClN5S. The van der Waals surface area contributed by atoms with E-state index in [1.54, 1.807) is 16.8 Å². The molecule has 0 fully saturated rings.